The molecule has 0 amide bonds. The number of hydrogen-bond acceptors (Lipinski definition) is 2. The molecule has 14 heteroatoms. The van der Waals surface area contributed by atoms with Crippen LogP contribution in [0.25, 0.3) is 0 Å². The number of nitrogens with zero attached hydrogens (tertiary/aromatic N) is 5. The van der Waals surface area contributed by atoms with Gasteiger partial charge in [0.1, 0.15) is 0 Å². The third-order valence-corrected chi connectivity index (χ3v) is 56.6. The minimum absolute atomic E-state index is 1.13. The Kier molecular flexibility index (Phi) is 12.0. The van der Waals surface area contributed by atoms with Crippen molar-refractivity contribution in [2.75, 3.05) is 25.7 Å². The predicted octanol–water partition coefficient (Wildman–Crippen LogP) is 12.4. The average molecular weight is 814 g/mol. The summed E-state index contributed by atoms with van der Waals surface area (Å²) in [7, 11) is -15.4. The van der Waals surface area contributed by atoms with Crippen molar-refractivity contribution >= 4 is 81.5 Å². The molecule has 0 unspecified atom stereocenters. The third-order valence-electron chi connectivity index (χ3n) is 8.78. The summed E-state index contributed by atoms with van der Waals surface area (Å²) in [5, 5.41) is 2.91. The van der Waals surface area contributed by atoms with Gasteiger partial charge in [0, 0.05) is 0 Å². The van der Waals surface area contributed by atoms with E-state index in [9.17, 15) is 0 Å². The maximum absolute atomic E-state index is 6.43. The Labute approximate surface area is 304 Å². The molecule has 1 fully saturated rings. The second-order valence-corrected chi connectivity index (χ2v) is 64.6. The molecule has 0 radical (unpaired) electrons. The zero-order valence-corrected chi connectivity index (χ0v) is 43.4. The Bertz CT molecular complexity index is 1470. The Morgan fingerprint density at radius 1 is 0.583 bits per heavy atom. The second-order valence-electron chi connectivity index (χ2n) is 20.8. The van der Waals surface area contributed by atoms with E-state index in [-0.39, 0.29) is 0 Å². The molecule has 0 aliphatic carbocycles. The number of benzene rings is 2. The van der Waals surface area contributed by atoms with E-state index in [1.807, 2.05) is 0 Å². The first kappa shape index (κ1) is 42.9. The van der Waals surface area contributed by atoms with E-state index in [1.54, 1.807) is 0 Å². The van der Waals surface area contributed by atoms with Crippen molar-refractivity contribution in [1.82, 2.24) is 12.2 Å². The normalized spacial score (nSPS) is 22.5. The molecule has 1 saturated heterocycles. The summed E-state index contributed by atoms with van der Waals surface area (Å²) in [6.07, 6.45) is 2.34. The second kappa shape index (κ2) is 13.4. The Balaban J connectivity index is 2.56. The third kappa shape index (κ3) is 8.49. The molecule has 5 nitrogen and oxygen atoms in total. The Morgan fingerprint density at radius 2 is 0.938 bits per heavy atom. The first-order valence-corrected chi connectivity index (χ1v) is 45.5. The van der Waals surface area contributed by atoms with Crippen LogP contribution in [0.5, 0.6) is 0 Å². The van der Waals surface area contributed by atoms with E-state index in [4.69, 9.17) is 8.82 Å². The molecule has 0 spiro atoms. The molecule has 274 valence electrons. The SMILES string of the molecule is C[Si](C)(C)N=P(CCP1(C)(C)N([Si](C)(C)C)P(=N[Si](C)(C)C)(N([Si](C)(C)C)[Si](C)(C)C)N1[Si](C)(C)C)(c1ccccc1)c1ccccc1. The molecule has 1 aliphatic heterocycles. The Hall–Kier alpha value is 0.511. The van der Waals surface area contributed by atoms with Crippen molar-refractivity contribution in [3.63, 3.8) is 0 Å². The molecule has 0 saturated carbocycles. The van der Waals surface area contributed by atoms with Crippen LogP contribution in [-0.4, -0.2) is 87.3 Å². The molecule has 1 heterocycles. The van der Waals surface area contributed by atoms with Crippen LogP contribution >= 0.6 is 21.5 Å². The summed E-state index contributed by atoms with van der Waals surface area (Å²) in [4.78, 5) is 0. The van der Waals surface area contributed by atoms with E-state index in [1.165, 1.54) is 16.8 Å². The van der Waals surface area contributed by atoms with Crippen LogP contribution in [0.1, 0.15) is 0 Å². The van der Waals surface area contributed by atoms with Gasteiger partial charge in [-0.05, 0) is 0 Å². The van der Waals surface area contributed by atoms with E-state index in [2.05, 4.69) is 204 Å². The maximum atomic E-state index is 6.43. The molecular formula is C34H74N5P3Si6. The van der Waals surface area contributed by atoms with Crippen LogP contribution in [-0.2, 0) is 0 Å². The van der Waals surface area contributed by atoms with Crippen LogP contribution in [0.3, 0.4) is 0 Å². The monoisotopic (exact) mass is 813 g/mol. The average Bonchev–Trinajstić information content (AvgIpc) is 2.81. The van der Waals surface area contributed by atoms with Gasteiger partial charge in [-0.1, -0.05) is 0 Å². The first-order valence-electron chi connectivity index (χ1n) is 18.0. The summed E-state index contributed by atoms with van der Waals surface area (Å²) in [5.41, 5.74) is 0. The topological polar surface area (TPSA) is 34.4 Å². The molecule has 0 aromatic heterocycles. The summed E-state index contributed by atoms with van der Waals surface area (Å²) >= 11 is 0. The van der Waals surface area contributed by atoms with E-state index < -0.39 is 70.9 Å². The van der Waals surface area contributed by atoms with Crippen LogP contribution in [0.4, 0.5) is 0 Å². The van der Waals surface area contributed by atoms with Crippen molar-refractivity contribution in [2.45, 2.75) is 118 Å². The van der Waals surface area contributed by atoms with E-state index >= 15 is 0 Å². The van der Waals surface area contributed by atoms with Crippen LogP contribution < -0.4 is 10.6 Å². The molecule has 48 heavy (non-hydrogen) atoms. The van der Waals surface area contributed by atoms with Gasteiger partial charge in [-0.2, -0.15) is 0 Å². The van der Waals surface area contributed by atoms with Crippen LogP contribution in [0.15, 0.2) is 69.5 Å². The van der Waals surface area contributed by atoms with Crippen molar-refractivity contribution in [1.29, 1.82) is 0 Å². The van der Waals surface area contributed by atoms with E-state index in [0.29, 0.717) is 0 Å². The molecule has 2 aromatic carbocycles. The van der Waals surface area contributed by atoms with Gasteiger partial charge >= 0.3 is 307 Å². The van der Waals surface area contributed by atoms with Crippen molar-refractivity contribution < 1.29 is 0 Å². The summed E-state index contributed by atoms with van der Waals surface area (Å²) in [5.74, 6) is 0. The standard InChI is InChI=1S/C34H74N5P3Si6/c1-42(2,32-31-40(35-43(3,4)5,33-27-23-21-24-28-33)34-29-25-22-26-30-34)37(45(9,10)11)41(36-44(6,7)8,38(42)46(12,13)14)39(47(15,16)17)48(18,19)20/h21-30H,31-32H2,1-20H3. The fourth-order valence-corrected chi connectivity index (χ4v) is 78.1. The molecule has 3 rings (SSSR count). The summed E-state index contributed by atoms with van der Waals surface area (Å²) in [6, 6.07) is 23.0. The van der Waals surface area contributed by atoms with Crippen LogP contribution in [0.2, 0.25) is 118 Å². The van der Waals surface area contributed by atoms with Gasteiger partial charge in [0.2, 0.25) is 0 Å². The number of hydrogen-bond donors (Lipinski definition) is 0. The summed E-state index contributed by atoms with van der Waals surface area (Å²) in [6.45, 7) is 49.5. The fraction of sp³-hybridized carbons (Fsp3) is 0.647. The van der Waals surface area contributed by atoms with Crippen molar-refractivity contribution in [3.05, 3.63) is 60.7 Å². The molecular weight excluding hydrogens is 740 g/mol. The zero-order valence-electron chi connectivity index (χ0n) is 34.8. The molecule has 2 aromatic rings. The first-order chi connectivity index (χ1) is 21.2. The van der Waals surface area contributed by atoms with Gasteiger partial charge in [0.25, 0.3) is 0 Å². The van der Waals surface area contributed by atoms with Crippen molar-refractivity contribution in [3.8, 4) is 0 Å². The summed E-state index contributed by atoms with van der Waals surface area (Å²) < 4.78 is 22.4. The zero-order chi connectivity index (χ0) is 37.2. The molecule has 0 atom stereocenters. The van der Waals surface area contributed by atoms with Gasteiger partial charge < -0.3 is 0 Å². The van der Waals surface area contributed by atoms with E-state index in [0.717, 1.165) is 6.16 Å². The van der Waals surface area contributed by atoms with Gasteiger partial charge in [-0.25, -0.2) is 0 Å². The number of rotatable bonds is 12. The van der Waals surface area contributed by atoms with Gasteiger partial charge in [-0.15, -0.1) is 0 Å². The fourth-order valence-electron chi connectivity index (χ4n) is 9.15. The van der Waals surface area contributed by atoms with Gasteiger partial charge in [0.05, 0.1) is 0 Å². The molecule has 0 N–H and O–H groups in total. The Morgan fingerprint density at radius 3 is 1.21 bits per heavy atom. The molecule has 1 aliphatic rings. The van der Waals surface area contributed by atoms with Crippen molar-refractivity contribution in [2.24, 2.45) is 8.82 Å². The minimum atomic E-state index is -2.71. The van der Waals surface area contributed by atoms with Gasteiger partial charge in [-0.3, -0.25) is 0 Å². The van der Waals surface area contributed by atoms with Gasteiger partial charge in [0.15, 0.2) is 0 Å². The predicted molar refractivity (Wildman–Crippen MR) is 245 cm³/mol. The molecule has 0 bridgehead atoms. The quantitative estimate of drug-likeness (QED) is 0.158. The van der Waals surface area contributed by atoms with Crippen LogP contribution in [0, 0.1) is 0 Å².